The molecule has 3 N–H and O–H groups in total. The molecule has 0 spiro atoms. The predicted molar refractivity (Wildman–Crippen MR) is 243 cm³/mol. The number of sulfonamides is 1. The first kappa shape index (κ1) is 47.5. The van der Waals surface area contributed by atoms with Gasteiger partial charge >= 0.3 is 12.1 Å². The van der Waals surface area contributed by atoms with Gasteiger partial charge in [0.1, 0.15) is 29.5 Å². The first-order valence-corrected chi connectivity index (χ1v) is 25.7. The zero-order valence-electron chi connectivity index (χ0n) is 38.2. The van der Waals surface area contributed by atoms with E-state index in [1.807, 2.05) is 41.8 Å². The summed E-state index contributed by atoms with van der Waals surface area (Å²) in [5, 5.41) is 7.33. The van der Waals surface area contributed by atoms with Gasteiger partial charge in [0, 0.05) is 54.2 Å². The van der Waals surface area contributed by atoms with Gasteiger partial charge in [-0.05, 0) is 96.4 Å². The summed E-state index contributed by atoms with van der Waals surface area (Å²) in [6.07, 6.45) is 10.1. The number of ether oxygens (including phenoxy) is 3. The smallest absolute Gasteiger partial charge is 0.408 e. The molecule has 3 saturated carbocycles. The van der Waals surface area contributed by atoms with Crippen LogP contribution in [0.1, 0.15) is 114 Å². The SMILES string of the molecule is COc1ccc(-c2csc(C(=O)N3C[C@H]4CN5C(=O)[C@@H](CC(=O)OCC6(NC(=O)OC(C)(C)C)CCCC6)CCCCC/C=C\[C@@H]6C[C@@]6(C(=O)NS(=O)(=O)C6CC6)NC(=O)[C@@H]5[C@H]4C3)n2)cc1. The van der Waals surface area contributed by atoms with E-state index >= 15 is 0 Å². The lowest BCUT2D eigenvalue weighted by Crippen LogP contribution is -2.58. The first-order valence-electron chi connectivity index (χ1n) is 23.3. The number of rotatable bonds is 11. The van der Waals surface area contributed by atoms with Gasteiger partial charge in [0.2, 0.25) is 21.8 Å². The number of fused-ring (bicyclic) bond motifs is 4. The number of methoxy groups -OCH3 is 1. The standard InChI is InChI=1S/C47H62N6O11S2/c1-45(2,3)64-44(59)50-46(20-10-11-21-46)28-63-37(54)22-30-12-8-6-5-7-9-13-32-23-47(32,43(58)51-66(60,61)34-18-19-34)49-39(55)38-35-26-52(24-31(35)25-53(38)41(30)56)42(57)40-48-36(27-65-40)29-14-16-33(62-4)17-15-29/h9,13-17,27,30-32,34-35,38H,5-8,10-12,18-26,28H2,1-4H3,(H,49,55)(H,50,59)(H,51,58)/b13-9-/t30-,31+,32-,35+,38+,47-/m1/s1. The second-order valence-corrected chi connectivity index (χ2v) is 22.8. The Morgan fingerprint density at radius 2 is 1.71 bits per heavy atom. The van der Waals surface area contributed by atoms with E-state index in [4.69, 9.17) is 14.2 Å². The van der Waals surface area contributed by atoms with Crippen molar-refractivity contribution >= 4 is 57.1 Å². The highest BCUT2D eigenvalue weighted by Gasteiger charge is 2.63. The Bertz CT molecular complexity index is 2340. The zero-order valence-corrected chi connectivity index (χ0v) is 39.8. The number of hydrogen-bond acceptors (Lipinski definition) is 13. The fourth-order valence-electron chi connectivity index (χ4n) is 10.1. The van der Waals surface area contributed by atoms with Crippen LogP contribution in [0, 0.1) is 23.7 Å². The topological polar surface area (TPSA) is 220 Å². The van der Waals surface area contributed by atoms with E-state index in [-0.39, 0.29) is 55.9 Å². The van der Waals surface area contributed by atoms with Crippen molar-refractivity contribution in [3.8, 4) is 17.0 Å². The third-order valence-corrected chi connectivity index (χ3v) is 16.6. The van der Waals surface area contributed by atoms with E-state index in [0.717, 1.165) is 31.2 Å². The number of alkyl carbamates (subject to hydrolysis) is 1. The molecule has 0 bridgehead atoms. The summed E-state index contributed by atoms with van der Waals surface area (Å²) in [6.45, 7) is 5.72. The molecule has 0 unspecified atom stereocenters. The number of thiazole rings is 1. The minimum atomic E-state index is -3.94. The van der Waals surface area contributed by atoms with E-state index in [1.165, 1.54) is 16.2 Å². The summed E-state index contributed by atoms with van der Waals surface area (Å²) in [7, 11) is -2.36. The molecule has 5 fully saturated rings. The van der Waals surface area contributed by atoms with Crippen molar-refractivity contribution in [1.29, 1.82) is 0 Å². The maximum atomic E-state index is 15.0. The maximum absolute atomic E-state index is 15.0. The number of carbonyl (C=O) groups is 6. The van der Waals surface area contributed by atoms with Gasteiger partial charge in [0.15, 0.2) is 5.01 Å². The molecule has 19 heteroatoms. The molecule has 6 atom stereocenters. The van der Waals surface area contributed by atoms with Crippen LogP contribution in [-0.4, -0.2) is 120 Å². The van der Waals surface area contributed by atoms with Crippen molar-refractivity contribution in [3.63, 3.8) is 0 Å². The monoisotopic (exact) mass is 950 g/mol. The number of amides is 5. The molecule has 1 aromatic carbocycles. The maximum Gasteiger partial charge on any atom is 0.408 e. The van der Waals surface area contributed by atoms with Gasteiger partial charge in [-0.15, -0.1) is 11.3 Å². The van der Waals surface area contributed by atoms with Crippen LogP contribution in [0.3, 0.4) is 0 Å². The Kier molecular flexibility index (Phi) is 13.6. The van der Waals surface area contributed by atoms with Gasteiger partial charge < -0.3 is 34.6 Å². The number of nitrogens with zero attached hydrogens (tertiary/aromatic N) is 3. The molecule has 4 heterocycles. The number of benzene rings is 1. The van der Waals surface area contributed by atoms with Gasteiger partial charge in [-0.1, -0.05) is 37.8 Å². The Labute approximate surface area is 390 Å². The predicted octanol–water partition coefficient (Wildman–Crippen LogP) is 5.11. The van der Waals surface area contributed by atoms with E-state index < -0.39 is 85.5 Å². The van der Waals surface area contributed by atoms with E-state index in [1.54, 1.807) is 32.8 Å². The molecule has 66 heavy (non-hydrogen) atoms. The number of allylic oxidation sites excluding steroid dienone is 1. The van der Waals surface area contributed by atoms with Gasteiger partial charge in [0.25, 0.3) is 11.8 Å². The van der Waals surface area contributed by atoms with Crippen LogP contribution in [0.2, 0.25) is 0 Å². The number of esters is 1. The van der Waals surface area contributed by atoms with Crippen molar-refractivity contribution in [2.45, 2.75) is 132 Å². The number of hydrogen-bond donors (Lipinski definition) is 3. The van der Waals surface area contributed by atoms with Crippen LogP contribution in [0.25, 0.3) is 11.3 Å². The quantitative estimate of drug-likeness (QED) is 0.198. The highest BCUT2D eigenvalue weighted by Crippen LogP contribution is 2.47. The van der Waals surface area contributed by atoms with Crippen LogP contribution in [0.4, 0.5) is 4.79 Å². The molecule has 358 valence electrons. The van der Waals surface area contributed by atoms with Crippen LogP contribution >= 0.6 is 11.3 Å². The number of carbonyl (C=O) groups excluding carboxylic acids is 6. The minimum Gasteiger partial charge on any atom is -0.497 e. The fourth-order valence-corrected chi connectivity index (χ4v) is 12.3. The van der Waals surface area contributed by atoms with Gasteiger partial charge in [0.05, 0.1) is 30.0 Å². The Morgan fingerprint density at radius 1 is 0.970 bits per heavy atom. The number of likely N-dealkylation sites (tertiary alicyclic amines) is 1. The Balaban J connectivity index is 1.03. The lowest BCUT2D eigenvalue weighted by Gasteiger charge is -2.33. The van der Waals surface area contributed by atoms with Crippen LogP contribution < -0.4 is 20.1 Å². The highest BCUT2D eigenvalue weighted by molar-refractivity contribution is 7.91. The molecule has 0 radical (unpaired) electrons. The second kappa shape index (κ2) is 18.9. The molecule has 2 aromatic rings. The molecule has 1 aromatic heterocycles. The molecule has 17 nitrogen and oxygen atoms in total. The fraction of sp³-hybridized carbons (Fsp3) is 0.638. The van der Waals surface area contributed by atoms with Crippen LogP contribution in [0.15, 0.2) is 41.8 Å². The summed E-state index contributed by atoms with van der Waals surface area (Å²) in [5.41, 5.74) is -1.62. The van der Waals surface area contributed by atoms with Gasteiger partial charge in [-0.25, -0.2) is 18.2 Å². The van der Waals surface area contributed by atoms with Gasteiger partial charge in [-0.3, -0.25) is 28.7 Å². The van der Waals surface area contributed by atoms with Crippen LogP contribution in [0.5, 0.6) is 5.75 Å². The molecule has 6 aliphatic rings. The van der Waals surface area contributed by atoms with Gasteiger partial charge in [-0.2, -0.15) is 0 Å². The summed E-state index contributed by atoms with van der Waals surface area (Å²) in [6, 6.07) is 6.22. The van der Waals surface area contributed by atoms with Crippen LogP contribution in [-0.2, 0) is 38.7 Å². The van der Waals surface area contributed by atoms with Crippen molar-refractivity contribution in [3.05, 3.63) is 46.8 Å². The second-order valence-electron chi connectivity index (χ2n) is 20.0. The van der Waals surface area contributed by atoms with Crippen molar-refractivity contribution < 1.29 is 51.4 Å². The van der Waals surface area contributed by atoms with E-state index in [9.17, 15) is 37.2 Å². The average molecular weight is 951 g/mol. The summed E-state index contributed by atoms with van der Waals surface area (Å²) in [5.74, 6) is -4.22. The lowest BCUT2D eigenvalue weighted by atomic mass is 9.92. The van der Waals surface area contributed by atoms with Crippen molar-refractivity contribution in [2.75, 3.05) is 33.4 Å². The Morgan fingerprint density at radius 3 is 2.41 bits per heavy atom. The molecule has 8 rings (SSSR count). The minimum absolute atomic E-state index is 0.0798. The van der Waals surface area contributed by atoms with E-state index in [0.29, 0.717) is 56.4 Å². The molecule has 3 aliphatic carbocycles. The summed E-state index contributed by atoms with van der Waals surface area (Å²) < 4.78 is 45.0. The van der Waals surface area contributed by atoms with Crippen molar-refractivity contribution in [2.24, 2.45) is 23.7 Å². The highest BCUT2D eigenvalue weighted by atomic mass is 32.2. The summed E-state index contributed by atoms with van der Waals surface area (Å²) >= 11 is 1.22. The zero-order chi connectivity index (χ0) is 47.0. The van der Waals surface area contributed by atoms with Crippen molar-refractivity contribution in [1.82, 2.24) is 30.1 Å². The average Bonchev–Trinajstić information content (AvgIpc) is 3.96. The lowest BCUT2D eigenvalue weighted by molar-refractivity contribution is -0.152. The Hall–Kier alpha value is -5.04. The summed E-state index contributed by atoms with van der Waals surface area (Å²) in [4.78, 5) is 92.3. The third kappa shape index (κ3) is 10.6. The number of nitrogens with one attached hydrogen (secondary N) is 3. The third-order valence-electron chi connectivity index (χ3n) is 13.9. The first-order chi connectivity index (χ1) is 31.4. The molecular formula is C47H62N6O11S2. The largest absolute Gasteiger partial charge is 0.497 e. The molecule has 2 saturated heterocycles. The van der Waals surface area contributed by atoms with E-state index in [2.05, 4.69) is 20.3 Å². The number of aromatic nitrogens is 1. The molecule has 3 aliphatic heterocycles. The normalized spacial score (nSPS) is 28.1. The molecular weight excluding hydrogens is 889 g/mol. The molecule has 5 amide bonds.